The lowest BCUT2D eigenvalue weighted by Gasteiger charge is -2.28. The fourth-order valence-electron chi connectivity index (χ4n) is 11.5. The molecule has 29 heteroatoms. The van der Waals surface area contributed by atoms with E-state index in [9.17, 15) is 67.0 Å². The third-order valence-corrected chi connectivity index (χ3v) is 19.2. The highest BCUT2D eigenvalue weighted by Crippen LogP contribution is 2.17. The van der Waals surface area contributed by atoms with E-state index in [1.165, 1.54) is 19.1 Å². The number of carbonyl (C=O) groups is 3. The SMILES string of the molecule is CC(=O)C(CC(=O)O)NS(=O)(=O)c1ccc(CN2CCN(C[C@H](C)O)CCN(C[C@H](C)O)CC2)cc1.CC(=O)CNS(=O)(=O)c1ccc(CN2CCN(C[C@H](C)O)CCN(C[C@H](C)O)CC2)cc1.C[C@H](O)CN1CCN(C[C@@H](O)COc2ccccc2)CCN(C[C@H](C)O)CC1. The van der Waals surface area contributed by atoms with Gasteiger partial charge in [0.25, 0.3) is 0 Å². The van der Waals surface area contributed by atoms with E-state index in [0.29, 0.717) is 58.9 Å². The van der Waals surface area contributed by atoms with Crippen molar-refractivity contribution in [3.63, 3.8) is 0 Å². The van der Waals surface area contributed by atoms with Gasteiger partial charge in [-0.2, -0.15) is 0 Å². The Labute approximate surface area is 571 Å². The number of ketones is 2. The number of nitrogens with one attached hydrogen (secondary N) is 2. The van der Waals surface area contributed by atoms with Crippen LogP contribution < -0.4 is 14.2 Å². The van der Waals surface area contributed by atoms with Gasteiger partial charge in [-0.05, 0) is 103 Å². The molecule has 27 nitrogen and oxygen atoms in total. The number of carbonyl (C=O) groups excluding carboxylic acids is 2. The summed E-state index contributed by atoms with van der Waals surface area (Å²) in [7, 11) is -7.77. The highest BCUT2D eigenvalue weighted by atomic mass is 32.2. The van der Waals surface area contributed by atoms with Crippen molar-refractivity contribution in [1.29, 1.82) is 0 Å². The third-order valence-electron chi connectivity index (χ3n) is 16.3. The zero-order valence-electron chi connectivity index (χ0n) is 58.0. The molecule has 0 spiro atoms. The molecule has 96 heavy (non-hydrogen) atoms. The zero-order chi connectivity index (χ0) is 71.0. The second kappa shape index (κ2) is 43.9. The lowest BCUT2D eigenvalue weighted by Crippen LogP contribution is -2.42. The molecule has 0 radical (unpaired) electrons. The van der Waals surface area contributed by atoms with Crippen LogP contribution in [0.1, 0.15) is 72.9 Å². The molecule has 6 rings (SSSR count). The molecular weight excluding hydrogens is 1280 g/mol. The van der Waals surface area contributed by atoms with E-state index in [2.05, 4.69) is 53.5 Å². The largest absolute Gasteiger partial charge is 0.491 e. The maximum absolute atomic E-state index is 12.7. The Hall–Kier alpha value is -4.55. The highest BCUT2D eigenvalue weighted by Gasteiger charge is 2.27. The number of ether oxygens (including phenoxy) is 1. The number of sulfonamides is 2. The molecule has 0 saturated carbocycles. The summed E-state index contributed by atoms with van der Waals surface area (Å²) in [5, 5.41) is 78.3. The van der Waals surface area contributed by atoms with Gasteiger partial charge < -0.3 is 45.6 Å². The number of hydrogen-bond acceptors (Lipinski definition) is 24. The molecule has 3 aromatic carbocycles. The first-order chi connectivity index (χ1) is 45.3. The van der Waals surface area contributed by atoms with Gasteiger partial charge in [-0.15, -0.1) is 0 Å². The van der Waals surface area contributed by atoms with Gasteiger partial charge in [0.15, 0.2) is 0 Å². The Bertz CT molecular complexity index is 2840. The number of rotatable bonds is 31. The van der Waals surface area contributed by atoms with E-state index < -0.39 is 74.8 Å². The van der Waals surface area contributed by atoms with Gasteiger partial charge >= 0.3 is 5.97 Å². The Morgan fingerprint density at radius 2 is 0.719 bits per heavy atom. The van der Waals surface area contributed by atoms with Crippen molar-refractivity contribution in [2.75, 3.05) is 177 Å². The van der Waals surface area contributed by atoms with Crippen molar-refractivity contribution in [2.45, 2.75) is 133 Å². The van der Waals surface area contributed by atoms with Crippen LogP contribution in [-0.4, -0.2) is 345 Å². The normalized spacial score (nSPS) is 20.1. The van der Waals surface area contributed by atoms with Gasteiger partial charge in [-0.1, -0.05) is 42.5 Å². The average molecular weight is 1390 g/mol. The summed E-state index contributed by atoms with van der Waals surface area (Å²) in [6, 6.07) is 21.3. The maximum Gasteiger partial charge on any atom is 0.305 e. The van der Waals surface area contributed by atoms with Crippen LogP contribution in [0.2, 0.25) is 0 Å². The molecule has 3 heterocycles. The molecule has 3 saturated heterocycles. The smallest absolute Gasteiger partial charge is 0.305 e. The predicted octanol–water partition coefficient (Wildman–Crippen LogP) is -0.579. The number of hydrogen-bond donors (Lipinski definition) is 10. The summed E-state index contributed by atoms with van der Waals surface area (Å²) in [5.41, 5.74) is 1.91. The first-order valence-corrected chi connectivity index (χ1v) is 36.7. The summed E-state index contributed by atoms with van der Waals surface area (Å²) in [6.45, 7) is 33.5. The maximum atomic E-state index is 12.7. The van der Waals surface area contributed by atoms with Crippen LogP contribution in [0, 0.1) is 0 Å². The van der Waals surface area contributed by atoms with Crippen molar-refractivity contribution in [1.82, 2.24) is 53.5 Å². The molecule has 0 bridgehead atoms. The minimum atomic E-state index is -4.06. The fraction of sp³-hybridized carbons (Fsp3) is 0.687. The van der Waals surface area contributed by atoms with Crippen LogP contribution in [0.15, 0.2) is 88.7 Å². The van der Waals surface area contributed by atoms with Gasteiger partial charge in [0, 0.05) is 177 Å². The van der Waals surface area contributed by atoms with E-state index in [1.54, 1.807) is 64.1 Å². The first-order valence-electron chi connectivity index (χ1n) is 33.7. The van der Waals surface area contributed by atoms with Crippen LogP contribution >= 0.6 is 0 Å². The molecule has 3 aliphatic rings. The molecule has 3 aromatic rings. The van der Waals surface area contributed by atoms with Gasteiger partial charge in [0.05, 0.1) is 65.4 Å². The number of Topliss-reactive ketones (excluding diaryl/α,β-unsaturated/α-hetero) is 2. The minimum absolute atomic E-state index is 0.0430. The molecule has 546 valence electrons. The monoisotopic (exact) mass is 1390 g/mol. The molecule has 0 amide bonds. The Balaban J connectivity index is 0.000000309. The van der Waals surface area contributed by atoms with Crippen LogP contribution in [0.3, 0.4) is 0 Å². The van der Waals surface area contributed by atoms with E-state index >= 15 is 0 Å². The second-order valence-corrected chi connectivity index (χ2v) is 29.7. The van der Waals surface area contributed by atoms with Crippen LogP contribution in [0.4, 0.5) is 0 Å². The molecule has 1 unspecified atom stereocenters. The van der Waals surface area contributed by atoms with E-state index in [1.807, 2.05) is 44.2 Å². The number of β-amino-alcohol motifs (C(OH)–C–C–N with tert-alkyl or cyclic N) is 7. The second-order valence-electron chi connectivity index (χ2n) is 26.2. The lowest BCUT2D eigenvalue weighted by molar-refractivity contribution is -0.139. The molecule has 3 fully saturated rings. The molecular formula is C67H115N11O16S2. The topological polar surface area (TPSA) is 344 Å². The number of para-hydroxylation sites is 1. The van der Waals surface area contributed by atoms with Gasteiger partial charge in [-0.25, -0.2) is 26.3 Å². The van der Waals surface area contributed by atoms with Gasteiger partial charge in [0.1, 0.15) is 30.0 Å². The predicted molar refractivity (Wildman–Crippen MR) is 369 cm³/mol. The number of aliphatic hydroxyl groups is 7. The first kappa shape index (κ1) is 83.9. The lowest BCUT2D eigenvalue weighted by atomic mass is 10.1. The number of carboxylic acid groups (broad SMARTS) is 1. The van der Waals surface area contributed by atoms with Crippen molar-refractivity contribution in [3.05, 3.63) is 90.0 Å². The summed E-state index contributed by atoms with van der Waals surface area (Å²) in [5.74, 6) is -1.32. The molecule has 0 aliphatic carbocycles. The van der Waals surface area contributed by atoms with Gasteiger partial charge in [-0.3, -0.25) is 58.5 Å². The highest BCUT2D eigenvalue weighted by molar-refractivity contribution is 7.89. The standard InChI is InChI=1S/C24H40N4O7S.C22H38N4O5S.C21H37N3O4/c1-18(29)15-26-8-9-27(16-19(2)30)11-13-28(12-10-26)17-21-4-6-22(7-5-21)36(34,35)25-23(20(3)31)14-24(32)33;1-18(27)14-23-32(30,31)22-6-4-21(5-7-22)17-26-12-10-24(15-19(2)28)8-9-25(11-13-26)16-20(3)29;1-18(25)14-22-8-9-23(15-19(2)26)11-13-24(12-10-22)16-20(27)17-28-21-6-4-3-5-7-21/h4-7,18-19,23,25,29-30H,8-17H2,1-3H3,(H,32,33);4-7,19-20,23,28-29H,8-17H2,1-3H3;3-7,18-20,25-27H,8-17H2,1-2H3/t18-,19-,23?;19-,20-;18-,19-,20+/m000/s1. The minimum Gasteiger partial charge on any atom is -0.491 e. The van der Waals surface area contributed by atoms with Crippen molar-refractivity contribution in [3.8, 4) is 5.75 Å². The summed E-state index contributed by atoms with van der Waals surface area (Å²) >= 11 is 0. The van der Waals surface area contributed by atoms with E-state index in [0.717, 1.165) is 142 Å². The summed E-state index contributed by atoms with van der Waals surface area (Å²) in [4.78, 5) is 54.0. The quantitative estimate of drug-likeness (QED) is 0.0385. The van der Waals surface area contributed by atoms with E-state index in [-0.39, 0.29) is 40.9 Å². The average Bonchev–Trinajstić information content (AvgIpc) is 0.945. The summed E-state index contributed by atoms with van der Waals surface area (Å²) < 4.78 is 60.1. The third kappa shape index (κ3) is 35.5. The van der Waals surface area contributed by atoms with E-state index in [4.69, 9.17) is 9.84 Å². The Kier molecular flexibility index (Phi) is 38.3. The number of benzene rings is 3. The number of aliphatic carboxylic acids is 1. The zero-order valence-corrected chi connectivity index (χ0v) is 59.7. The van der Waals surface area contributed by atoms with Crippen molar-refractivity contribution in [2.24, 2.45) is 0 Å². The number of aliphatic hydroxyl groups excluding tert-OH is 7. The molecule has 0 aromatic heterocycles. The number of nitrogens with zero attached hydrogens (tertiary/aromatic N) is 9. The molecule has 10 N–H and O–H groups in total. The van der Waals surface area contributed by atoms with Crippen LogP contribution in [0.5, 0.6) is 5.75 Å². The summed E-state index contributed by atoms with van der Waals surface area (Å²) in [6.07, 6.45) is -3.62. The molecule has 8 atom stereocenters. The van der Waals surface area contributed by atoms with Crippen molar-refractivity contribution >= 4 is 37.6 Å². The van der Waals surface area contributed by atoms with Gasteiger partial charge in [0.2, 0.25) is 20.0 Å². The fourth-order valence-corrected chi connectivity index (χ4v) is 13.8. The molecule has 3 aliphatic heterocycles. The van der Waals surface area contributed by atoms with Crippen LogP contribution in [-0.2, 0) is 47.5 Å². The van der Waals surface area contributed by atoms with Crippen LogP contribution in [0.25, 0.3) is 0 Å². The Morgan fingerprint density at radius 3 is 1.00 bits per heavy atom. The number of carboxylic acids is 1. The van der Waals surface area contributed by atoms with Crippen molar-refractivity contribution < 1.29 is 76.8 Å². The Morgan fingerprint density at radius 1 is 0.427 bits per heavy atom.